The molecule has 2 rings (SSSR count). The predicted molar refractivity (Wildman–Crippen MR) is 98.8 cm³/mol. The van der Waals surface area contributed by atoms with E-state index in [9.17, 15) is 4.79 Å². The average Bonchev–Trinajstić information content (AvgIpc) is 2.58. The molecule has 0 spiro atoms. The van der Waals surface area contributed by atoms with Crippen LogP contribution in [0, 0.1) is 0 Å². The van der Waals surface area contributed by atoms with Crippen LogP contribution < -0.4 is 14.9 Å². The van der Waals surface area contributed by atoms with Crippen LogP contribution in [0.5, 0.6) is 11.5 Å². The molecule has 1 N–H and O–H groups in total. The molecule has 5 nitrogen and oxygen atoms in total. The molecule has 0 aliphatic carbocycles. The summed E-state index contributed by atoms with van der Waals surface area (Å²) in [4.78, 5) is 12.0. The minimum absolute atomic E-state index is 0.302. The molecular formula is C16H13BrCl2N2O3. The Kier molecular flexibility index (Phi) is 6.48. The smallest absolute Gasteiger partial charge is 0.271 e. The van der Waals surface area contributed by atoms with Gasteiger partial charge in [0, 0.05) is 15.6 Å². The SMILES string of the molecule is COc1cc(Br)c(/C=N\NC(=O)c2ccc(Cl)c(Cl)c2)cc1OC. The average molecular weight is 432 g/mol. The fourth-order valence-corrected chi connectivity index (χ4v) is 2.55. The van der Waals surface area contributed by atoms with Gasteiger partial charge in [0.1, 0.15) is 0 Å². The van der Waals surface area contributed by atoms with Gasteiger partial charge in [-0.25, -0.2) is 5.43 Å². The van der Waals surface area contributed by atoms with E-state index in [0.717, 1.165) is 4.47 Å². The van der Waals surface area contributed by atoms with Crippen LogP contribution in [-0.4, -0.2) is 26.3 Å². The molecule has 0 atom stereocenters. The van der Waals surface area contributed by atoms with Gasteiger partial charge in [-0.2, -0.15) is 5.10 Å². The predicted octanol–water partition coefficient (Wildman–Crippen LogP) is 4.54. The lowest BCUT2D eigenvalue weighted by Gasteiger charge is -2.09. The molecule has 2 aromatic carbocycles. The molecule has 24 heavy (non-hydrogen) atoms. The first kappa shape index (κ1) is 18.6. The van der Waals surface area contributed by atoms with Gasteiger partial charge >= 0.3 is 0 Å². The molecule has 0 bridgehead atoms. The van der Waals surface area contributed by atoms with Gasteiger partial charge < -0.3 is 9.47 Å². The van der Waals surface area contributed by atoms with Gasteiger partial charge in [-0.3, -0.25) is 4.79 Å². The number of hydrazone groups is 1. The summed E-state index contributed by atoms with van der Waals surface area (Å²) in [5.74, 6) is 0.737. The van der Waals surface area contributed by atoms with Gasteiger partial charge in [0.25, 0.3) is 5.91 Å². The van der Waals surface area contributed by atoms with Gasteiger partial charge in [-0.15, -0.1) is 0 Å². The van der Waals surface area contributed by atoms with E-state index < -0.39 is 5.91 Å². The third-order valence-electron chi connectivity index (χ3n) is 3.05. The molecule has 0 saturated heterocycles. The first-order valence-electron chi connectivity index (χ1n) is 6.66. The molecular weight excluding hydrogens is 419 g/mol. The van der Waals surface area contributed by atoms with Crippen LogP contribution in [0.1, 0.15) is 15.9 Å². The van der Waals surface area contributed by atoms with Crippen molar-refractivity contribution in [2.45, 2.75) is 0 Å². The summed E-state index contributed by atoms with van der Waals surface area (Å²) in [5.41, 5.74) is 3.49. The number of halogens is 3. The Labute approximate surface area is 157 Å². The van der Waals surface area contributed by atoms with Crippen molar-refractivity contribution in [3.63, 3.8) is 0 Å². The van der Waals surface area contributed by atoms with Crippen molar-refractivity contribution in [1.82, 2.24) is 5.43 Å². The van der Waals surface area contributed by atoms with Crippen molar-refractivity contribution >= 4 is 51.3 Å². The zero-order valence-corrected chi connectivity index (χ0v) is 15.9. The molecule has 1 amide bonds. The number of amides is 1. The summed E-state index contributed by atoms with van der Waals surface area (Å²) >= 11 is 15.1. The lowest BCUT2D eigenvalue weighted by Crippen LogP contribution is -2.17. The topological polar surface area (TPSA) is 59.9 Å². The summed E-state index contributed by atoms with van der Waals surface area (Å²) in [7, 11) is 3.09. The van der Waals surface area contributed by atoms with Gasteiger partial charge in [-0.1, -0.05) is 23.2 Å². The molecule has 0 aliphatic rings. The van der Waals surface area contributed by atoms with E-state index >= 15 is 0 Å². The normalized spacial score (nSPS) is 10.7. The summed E-state index contributed by atoms with van der Waals surface area (Å²) in [6, 6.07) is 8.07. The van der Waals surface area contributed by atoms with Crippen molar-refractivity contribution in [3.05, 3.63) is 56.0 Å². The third-order valence-corrected chi connectivity index (χ3v) is 4.48. The number of benzene rings is 2. The monoisotopic (exact) mass is 430 g/mol. The molecule has 0 fully saturated rings. The van der Waals surface area contributed by atoms with Crippen LogP contribution in [0.15, 0.2) is 39.9 Å². The zero-order valence-electron chi connectivity index (χ0n) is 12.8. The van der Waals surface area contributed by atoms with Gasteiger partial charge in [-0.05, 0) is 46.3 Å². The molecule has 0 heterocycles. The number of hydrogen-bond acceptors (Lipinski definition) is 4. The quantitative estimate of drug-likeness (QED) is 0.558. The number of rotatable bonds is 5. The number of carbonyl (C=O) groups is 1. The summed E-state index contributed by atoms with van der Waals surface area (Å²) in [6.45, 7) is 0. The maximum Gasteiger partial charge on any atom is 0.271 e. The van der Waals surface area contributed by atoms with Crippen LogP contribution >= 0.6 is 39.1 Å². The minimum Gasteiger partial charge on any atom is -0.493 e. The standard InChI is InChI=1S/C16H13BrCl2N2O3/c1-23-14-6-10(11(17)7-15(14)24-2)8-20-21-16(22)9-3-4-12(18)13(19)5-9/h3-8H,1-2H3,(H,21,22)/b20-8-. The van der Waals surface area contributed by atoms with Crippen molar-refractivity contribution in [2.24, 2.45) is 5.10 Å². The Hall–Kier alpha value is -1.76. The highest BCUT2D eigenvalue weighted by Gasteiger charge is 2.09. The second-order valence-electron chi connectivity index (χ2n) is 4.56. The van der Waals surface area contributed by atoms with E-state index in [1.165, 1.54) is 12.3 Å². The number of ether oxygens (including phenoxy) is 2. The van der Waals surface area contributed by atoms with E-state index in [4.69, 9.17) is 32.7 Å². The summed E-state index contributed by atoms with van der Waals surface area (Å²) in [6.07, 6.45) is 1.49. The van der Waals surface area contributed by atoms with E-state index in [-0.39, 0.29) is 0 Å². The van der Waals surface area contributed by atoms with Crippen molar-refractivity contribution < 1.29 is 14.3 Å². The number of nitrogens with zero attached hydrogens (tertiary/aromatic N) is 1. The molecule has 8 heteroatoms. The second kappa shape index (κ2) is 8.37. The van der Waals surface area contributed by atoms with Crippen LogP contribution in [-0.2, 0) is 0 Å². The fraction of sp³-hybridized carbons (Fsp3) is 0.125. The first-order valence-corrected chi connectivity index (χ1v) is 8.21. The number of hydrogen-bond donors (Lipinski definition) is 1. The van der Waals surface area contributed by atoms with Crippen LogP contribution in [0.4, 0.5) is 0 Å². The maximum atomic E-state index is 12.0. The van der Waals surface area contributed by atoms with Crippen LogP contribution in [0.25, 0.3) is 0 Å². The zero-order chi connectivity index (χ0) is 17.7. The highest BCUT2D eigenvalue weighted by atomic mass is 79.9. The van der Waals surface area contributed by atoms with Gasteiger partial charge in [0.05, 0.1) is 30.5 Å². The number of carbonyl (C=O) groups excluding carboxylic acids is 1. The third kappa shape index (κ3) is 4.41. The van der Waals surface area contributed by atoms with Crippen molar-refractivity contribution in [2.75, 3.05) is 14.2 Å². The number of methoxy groups -OCH3 is 2. The van der Waals surface area contributed by atoms with E-state index in [0.29, 0.717) is 32.7 Å². The van der Waals surface area contributed by atoms with Gasteiger partial charge in [0.15, 0.2) is 11.5 Å². The second-order valence-corrected chi connectivity index (χ2v) is 6.23. The highest BCUT2D eigenvalue weighted by molar-refractivity contribution is 9.10. The highest BCUT2D eigenvalue weighted by Crippen LogP contribution is 2.32. The Balaban J connectivity index is 2.13. The molecule has 126 valence electrons. The number of nitrogens with one attached hydrogen (secondary N) is 1. The molecule has 2 aromatic rings. The Morgan fingerprint density at radius 2 is 1.79 bits per heavy atom. The molecule has 0 aliphatic heterocycles. The first-order chi connectivity index (χ1) is 11.5. The molecule has 0 saturated carbocycles. The maximum absolute atomic E-state index is 12.0. The molecule has 0 aromatic heterocycles. The van der Waals surface area contributed by atoms with Crippen LogP contribution in [0.3, 0.4) is 0 Å². The van der Waals surface area contributed by atoms with Crippen molar-refractivity contribution in [3.8, 4) is 11.5 Å². The molecule has 0 unspecified atom stereocenters. The summed E-state index contributed by atoms with van der Waals surface area (Å²) in [5, 5.41) is 4.62. The lowest BCUT2D eigenvalue weighted by atomic mass is 10.2. The largest absolute Gasteiger partial charge is 0.493 e. The molecule has 0 radical (unpaired) electrons. The minimum atomic E-state index is -0.401. The van der Waals surface area contributed by atoms with Crippen LogP contribution in [0.2, 0.25) is 10.0 Å². The van der Waals surface area contributed by atoms with E-state index in [2.05, 4.69) is 26.5 Å². The Morgan fingerprint density at radius 3 is 2.42 bits per heavy atom. The van der Waals surface area contributed by atoms with E-state index in [1.807, 2.05) is 0 Å². The Morgan fingerprint density at radius 1 is 1.12 bits per heavy atom. The lowest BCUT2D eigenvalue weighted by molar-refractivity contribution is 0.0955. The van der Waals surface area contributed by atoms with Crippen molar-refractivity contribution in [1.29, 1.82) is 0 Å². The fourth-order valence-electron chi connectivity index (χ4n) is 1.83. The Bertz CT molecular complexity index is 797. The van der Waals surface area contributed by atoms with E-state index in [1.54, 1.807) is 38.5 Å². The van der Waals surface area contributed by atoms with Gasteiger partial charge in [0.2, 0.25) is 0 Å². The summed E-state index contributed by atoms with van der Waals surface area (Å²) < 4.78 is 11.2.